The number of carboxylic acids is 1. The van der Waals surface area contributed by atoms with Gasteiger partial charge in [0.2, 0.25) is 0 Å². The summed E-state index contributed by atoms with van der Waals surface area (Å²) in [5.41, 5.74) is 0.0583. The quantitative estimate of drug-likeness (QED) is 0.666. The van der Waals surface area contributed by atoms with Crippen LogP contribution in [0.3, 0.4) is 0 Å². The fraction of sp³-hybridized carbons (Fsp3) is 0.500. The molecule has 0 aliphatic heterocycles. The Bertz CT molecular complexity index is 363. The minimum atomic E-state index is -1.09. The van der Waals surface area contributed by atoms with E-state index >= 15 is 0 Å². The summed E-state index contributed by atoms with van der Waals surface area (Å²) in [6.07, 6.45) is 2.09. The molecule has 7 nitrogen and oxygen atoms in total. The monoisotopic (exact) mass is 242 g/mol. The summed E-state index contributed by atoms with van der Waals surface area (Å²) in [6, 6.07) is 0.415. The summed E-state index contributed by atoms with van der Waals surface area (Å²) in [5.74, 6) is -1.65. The van der Waals surface area contributed by atoms with Gasteiger partial charge in [0, 0.05) is 19.8 Å². The van der Waals surface area contributed by atoms with Crippen LogP contribution < -0.4 is 5.32 Å². The number of aromatic nitrogens is 1. The van der Waals surface area contributed by atoms with Crippen molar-refractivity contribution in [2.24, 2.45) is 0 Å². The SMILES string of the molecule is COCCCC(NC(=O)c1ccon1)C(=O)O. The summed E-state index contributed by atoms with van der Waals surface area (Å²) in [4.78, 5) is 22.4. The number of rotatable bonds is 7. The standard InChI is InChI=1S/C10H14N2O5/c1-16-5-2-3-8(10(14)15)11-9(13)7-4-6-17-12-7/h4,6,8H,2-3,5H2,1H3,(H,11,13)(H,14,15). The third-order valence-corrected chi connectivity index (χ3v) is 2.12. The van der Waals surface area contributed by atoms with Gasteiger partial charge in [0.1, 0.15) is 12.3 Å². The largest absolute Gasteiger partial charge is 0.480 e. The van der Waals surface area contributed by atoms with Crippen molar-refractivity contribution in [2.75, 3.05) is 13.7 Å². The molecular formula is C10H14N2O5. The average molecular weight is 242 g/mol. The van der Waals surface area contributed by atoms with Gasteiger partial charge in [-0.05, 0) is 12.8 Å². The van der Waals surface area contributed by atoms with Crippen LogP contribution >= 0.6 is 0 Å². The molecule has 1 amide bonds. The summed E-state index contributed by atoms with van der Waals surface area (Å²) < 4.78 is 9.31. The normalized spacial score (nSPS) is 12.1. The fourth-order valence-corrected chi connectivity index (χ4v) is 1.25. The minimum absolute atomic E-state index is 0.0583. The van der Waals surface area contributed by atoms with Gasteiger partial charge in [0.25, 0.3) is 5.91 Å². The molecule has 1 unspecified atom stereocenters. The first-order valence-electron chi connectivity index (χ1n) is 5.08. The topological polar surface area (TPSA) is 102 Å². The van der Waals surface area contributed by atoms with Crippen LogP contribution in [0, 0.1) is 0 Å². The first kappa shape index (κ1) is 13.2. The van der Waals surface area contributed by atoms with Gasteiger partial charge in [0.15, 0.2) is 5.69 Å². The van der Waals surface area contributed by atoms with Crippen LogP contribution in [0.15, 0.2) is 16.9 Å². The predicted molar refractivity (Wildman–Crippen MR) is 56.5 cm³/mol. The van der Waals surface area contributed by atoms with Crippen LogP contribution in [-0.4, -0.2) is 41.9 Å². The number of carboxylic acid groups (broad SMARTS) is 1. The van der Waals surface area contributed by atoms with Crippen LogP contribution in [0.2, 0.25) is 0 Å². The molecule has 0 aromatic carbocycles. The first-order valence-corrected chi connectivity index (χ1v) is 5.08. The maximum absolute atomic E-state index is 11.5. The summed E-state index contributed by atoms with van der Waals surface area (Å²) in [6.45, 7) is 0.448. The zero-order valence-corrected chi connectivity index (χ0v) is 9.38. The smallest absolute Gasteiger partial charge is 0.326 e. The minimum Gasteiger partial charge on any atom is -0.480 e. The van der Waals surface area contributed by atoms with Crippen molar-refractivity contribution in [3.8, 4) is 0 Å². The van der Waals surface area contributed by atoms with Gasteiger partial charge < -0.3 is 19.7 Å². The average Bonchev–Trinajstić information content (AvgIpc) is 2.81. The zero-order chi connectivity index (χ0) is 12.7. The molecule has 0 saturated heterocycles. The number of carbonyl (C=O) groups excluding carboxylic acids is 1. The molecule has 0 bridgehead atoms. The van der Waals surface area contributed by atoms with E-state index < -0.39 is 17.9 Å². The Morgan fingerprint density at radius 1 is 1.65 bits per heavy atom. The van der Waals surface area contributed by atoms with Gasteiger partial charge in [-0.3, -0.25) is 4.79 Å². The number of hydrogen-bond donors (Lipinski definition) is 2. The van der Waals surface area contributed by atoms with Crippen molar-refractivity contribution in [1.29, 1.82) is 0 Å². The molecule has 94 valence electrons. The Morgan fingerprint density at radius 3 is 2.94 bits per heavy atom. The lowest BCUT2D eigenvalue weighted by Gasteiger charge is -2.12. The summed E-state index contributed by atoms with van der Waals surface area (Å²) >= 11 is 0. The van der Waals surface area contributed by atoms with Crippen molar-refractivity contribution in [1.82, 2.24) is 10.5 Å². The molecule has 0 aliphatic carbocycles. The van der Waals surface area contributed by atoms with E-state index in [1.54, 1.807) is 0 Å². The maximum Gasteiger partial charge on any atom is 0.326 e. The zero-order valence-electron chi connectivity index (χ0n) is 9.38. The number of amides is 1. The molecule has 0 saturated carbocycles. The van der Waals surface area contributed by atoms with E-state index in [-0.39, 0.29) is 5.69 Å². The van der Waals surface area contributed by atoms with Gasteiger partial charge in [-0.25, -0.2) is 4.79 Å². The Kier molecular flexibility index (Phi) is 5.15. The van der Waals surface area contributed by atoms with Crippen LogP contribution in [-0.2, 0) is 9.53 Å². The van der Waals surface area contributed by atoms with Crippen LogP contribution in [0.4, 0.5) is 0 Å². The van der Waals surface area contributed by atoms with Crippen molar-refractivity contribution in [3.63, 3.8) is 0 Å². The number of aliphatic carboxylic acids is 1. The van der Waals surface area contributed by atoms with Crippen molar-refractivity contribution < 1.29 is 24.0 Å². The number of hydrogen-bond acceptors (Lipinski definition) is 5. The second kappa shape index (κ2) is 6.64. The highest BCUT2D eigenvalue weighted by atomic mass is 16.5. The lowest BCUT2D eigenvalue weighted by molar-refractivity contribution is -0.139. The van der Waals surface area contributed by atoms with Crippen LogP contribution in [0.25, 0.3) is 0 Å². The van der Waals surface area contributed by atoms with Crippen molar-refractivity contribution in [2.45, 2.75) is 18.9 Å². The highest BCUT2D eigenvalue weighted by Crippen LogP contribution is 2.01. The Labute approximate surface area is 97.7 Å². The molecule has 1 aromatic heterocycles. The van der Waals surface area contributed by atoms with Gasteiger partial charge in [-0.15, -0.1) is 0 Å². The fourth-order valence-electron chi connectivity index (χ4n) is 1.25. The Morgan fingerprint density at radius 2 is 2.41 bits per heavy atom. The van der Waals surface area contributed by atoms with Gasteiger partial charge in [0.05, 0.1) is 0 Å². The molecule has 0 radical (unpaired) electrons. The van der Waals surface area contributed by atoms with E-state index in [1.807, 2.05) is 0 Å². The number of nitrogens with one attached hydrogen (secondary N) is 1. The van der Waals surface area contributed by atoms with E-state index in [0.717, 1.165) is 0 Å². The van der Waals surface area contributed by atoms with Crippen LogP contribution in [0.1, 0.15) is 23.3 Å². The second-order valence-electron chi connectivity index (χ2n) is 3.38. The molecule has 17 heavy (non-hydrogen) atoms. The highest BCUT2D eigenvalue weighted by molar-refractivity contribution is 5.94. The maximum atomic E-state index is 11.5. The summed E-state index contributed by atoms with van der Waals surface area (Å²) in [5, 5.41) is 14.7. The van der Waals surface area contributed by atoms with Crippen LogP contribution in [0.5, 0.6) is 0 Å². The lowest BCUT2D eigenvalue weighted by Crippen LogP contribution is -2.41. The van der Waals surface area contributed by atoms with E-state index in [0.29, 0.717) is 19.4 Å². The lowest BCUT2D eigenvalue weighted by atomic mass is 10.1. The number of nitrogens with zero attached hydrogens (tertiary/aromatic N) is 1. The van der Waals surface area contributed by atoms with E-state index in [2.05, 4.69) is 15.0 Å². The van der Waals surface area contributed by atoms with Gasteiger partial charge in [-0.2, -0.15) is 0 Å². The second-order valence-corrected chi connectivity index (χ2v) is 3.38. The molecule has 1 rings (SSSR count). The number of methoxy groups -OCH3 is 1. The molecule has 1 atom stereocenters. The summed E-state index contributed by atoms with van der Waals surface area (Å²) in [7, 11) is 1.53. The highest BCUT2D eigenvalue weighted by Gasteiger charge is 2.21. The molecule has 7 heteroatoms. The van der Waals surface area contributed by atoms with Gasteiger partial charge in [-0.1, -0.05) is 5.16 Å². The third kappa shape index (κ3) is 4.23. The third-order valence-electron chi connectivity index (χ3n) is 2.12. The Hall–Kier alpha value is -1.89. The molecule has 1 aromatic rings. The number of ether oxygens (including phenoxy) is 1. The molecule has 0 aliphatic rings. The van der Waals surface area contributed by atoms with Gasteiger partial charge >= 0.3 is 5.97 Å². The van der Waals surface area contributed by atoms with E-state index in [9.17, 15) is 9.59 Å². The van der Waals surface area contributed by atoms with Crippen molar-refractivity contribution in [3.05, 3.63) is 18.0 Å². The van der Waals surface area contributed by atoms with E-state index in [1.165, 1.54) is 19.4 Å². The first-order chi connectivity index (χ1) is 8.15. The predicted octanol–water partition coefficient (Wildman–Crippen LogP) is 0.284. The molecule has 2 N–H and O–H groups in total. The Balaban J connectivity index is 2.49. The van der Waals surface area contributed by atoms with Crippen molar-refractivity contribution >= 4 is 11.9 Å². The van der Waals surface area contributed by atoms with E-state index in [4.69, 9.17) is 9.84 Å². The molecular weight excluding hydrogens is 228 g/mol. The molecule has 0 spiro atoms. The number of carbonyl (C=O) groups is 2. The molecule has 1 heterocycles. The molecule has 0 fully saturated rings.